The normalized spacial score (nSPS) is 24.9. The van der Waals surface area contributed by atoms with Gasteiger partial charge in [0.2, 0.25) is 0 Å². The zero-order valence-corrected chi connectivity index (χ0v) is 11.8. The molecule has 0 aromatic carbocycles. The Morgan fingerprint density at radius 1 is 1.19 bits per heavy atom. The molecule has 1 aliphatic rings. The van der Waals surface area contributed by atoms with Crippen molar-refractivity contribution in [3.8, 4) is 0 Å². The van der Waals surface area contributed by atoms with Crippen LogP contribution in [0.5, 0.6) is 0 Å². The van der Waals surface area contributed by atoms with Crippen LogP contribution in [0.2, 0.25) is 0 Å². The van der Waals surface area contributed by atoms with Crippen molar-refractivity contribution in [3.63, 3.8) is 0 Å². The Hall–Kier alpha value is -0.370. The highest BCUT2D eigenvalue weighted by atomic mass is 16.1. The molecule has 0 aromatic rings. The van der Waals surface area contributed by atoms with Gasteiger partial charge in [-0.15, -0.1) is 0 Å². The van der Waals surface area contributed by atoms with E-state index in [4.69, 9.17) is 0 Å². The molecule has 0 saturated carbocycles. The van der Waals surface area contributed by atoms with Crippen molar-refractivity contribution in [1.29, 1.82) is 0 Å². The molecule has 2 heteroatoms. The lowest BCUT2D eigenvalue weighted by Crippen LogP contribution is -2.51. The maximum Gasteiger partial charge on any atom is 0.147 e. The number of rotatable bonds is 1. The van der Waals surface area contributed by atoms with Crippen molar-refractivity contribution < 1.29 is 4.79 Å². The number of likely N-dealkylation sites (tertiary alicyclic amines) is 1. The number of piperidine rings is 1. The monoisotopic (exact) mass is 225 g/mol. The molecule has 16 heavy (non-hydrogen) atoms. The molecule has 1 fully saturated rings. The molecule has 0 bridgehead atoms. The van der Waals surface area contributed by atoms with Crippen LogP contribution in [-0.4, -0.2) is 29.3 Å². The van der Waals surface area contributed by atoms with Crippen molar-refractivity contribution in [2.24, 2.45) is 11.3 Å². The van der Waals surface area contributed by atoms with E-state index in [1.54, 1.807) is 0 Å². The van der Waals surface area contributed by atoms with E-state index < -0.39 is 0 Å². The van der Waals surface area contributed by atoms with Gasteiger partial charge in [0.15, 0.2) is 0 Å². The highest BCUT2D eigenvalue weighted by Gasteiger charge is 2.33. The van der Waals surface area contributed by atoms with E-state index in [0.717, 1.165) is 19.4 Å². The molecule has 0 aromatic heterocycles. The quantitative estimate of drug-likeness (QED) is 0.683. The number of hydrogen-bond donors (Lipinski definition) is 0. The van der Waals surface area contributed by atoms with E-state index in [9.17, 15) is 4.79 Å². The molecule has 1 aliphatic heterocycles. The Bertz CT molecular complexity index is 257. The summed E-state index contributed by atoms with van der Waals surface area (Å²) in [6.07, 6.45) is 1.93. The number of carbonyl (C=O) groups excluding carboxylic acids is 1. The third-order valence-electron chi connectivity index (χ3n) is 3.21. The van der Waals surface area contributed by atoms with Crippen LogP contribution in [0, 0.1) is 11.3 Å². The van der Waals surface area contributed by atoms with Crippen molar-refractivity contribution in [3.05, 3.63) is 0 Å². The lowest BCUT2D eigenvalue weighted by Gasteiger charge is -2.42. The van der Waals surface area contributed by atoms with E-state index in [-0.39, 0.29) is 5.54 Å². The highest BCUT2D eigenvalue weighted by Crippen LogP contribution is 2.31. The van der Waals surface area contributed by atoms with Gasteiger partial charge in [-0.3, -0.25) is 9.69 Å². The summed E-state index contributed by atoms with van der Waals surface area (Å²) < 4.78 is 0. The summed E-state index contributed by atoms with van der Waals surface area (Å²) in [6.45, 7) is 15.1. The standard InChI is InChI=1S/C14H27NO/c1-13(2,3)8-11-7-12(16)10-15(9-11)14(4,5)6/h11H,7-10H2,1-6H3. The van der Waals surface area contributed by atoms with Gasteiger partial charge in [0.1, 0.15) is 5.78 Å². The molecule has 0 N–H and O–H groups in total. The van der Waals surface area contributed by atoms with Crippen molar-refractivity contribution in [2.45, 2.75) is 59.9 Å². The summed E-state index contributed by atoms with van der Waals surface area (Å²) in [4.78, 5) is 14.1. The van der Waals surface area contributed by atoms with Crippen LogP contribution in [-0.2, 0) is 4.79 Å². The minimum atomic E-state index is 0.117. The molecular formula is C14H27NO. The lowest BCUT2D eigenvalue weighted by molar-refractivity contribution is -0.126. The van der Waals surface area contributed by atoms with Crippen molar-refractivity contribution in [1.82, 2.24) is 4.90 Å². The predicted octanol–water partition coefficient (Wildman–Crippen LogP) is 3.11. The Morgan fingerprint density at radius 3 is 2.19 bits per heavy atom. The summed E-state index contributed by atoms with van der Waals surface area (Å²) in [5.41, 5.74) is 0.443. The average Bonchev–Trinajstić information content (AvgIpc) is 1.97. The molecule has 2 nitrogen and oxygen atoms in total. The van der Waals surface area contributed by atoms with Gasteiger partial charge in [-0.05, 0) is 38.5 Å². The van der Waals surface area contributed by atoms with E-state index in [1.807, 2.05) is 0 Å². The molecule has 1 atom stereocenters. The molecule has 1 rings (SSSR count). The fourth-order valence-corrected chi connectivity index (χ4v) is 2.55. The van der Waals surface area contributed by atoms with Gasteiger partial charge in [0, 0.05) is 18.5 Å². The van der Waals surface area contributed by atoms with E-state index in [1.165, 1.54) is 0 Å². The molecule has 0 amide bonds. The zero-order valence-electron chi connectivity index (χ0n) is 11.8. The molecule has 1 unspecified atom stereocenters. The van der Waals surface area contributed by atoms with Gasteiger partial charge in [-0.1, -0.05) is 20.8 Å². The van der Waals surface area contributed by atoms with Crippen LogP contribution in [0.1, 0.15) is 54.4 Å². The Labute approximate surface area is 100 Å². The van der Waals surface area contributed by atoms with Gasteiger partial charge in [-0.25, -0.2) is 0 Å². The van der Waals surface area contributed by atoms with Crippen LogP contribution in [0.25, 0.3) is 0 Å². The van der Waals surface area contributed by atoms with Gasteiger partial charge in [-0.2, -0.15) is 0 Å². The molecule has 94 valence electrons. The maximum absolute atomic E-state index is 11.8. The SMILES string of the molecule is CC(C)(C)CC1CC(=O)CN(C(C)(C)C)C1. The second kappa shape index (κ2) is 4.48. The number of nitrogens with zero attached hydrogens (tertiary/aromatic N) is 1. The third-order valence-corrected chi connectivity index (χ3v) is 3.21. The number of ketones is 1. The Balaban J connectivity index is 2.65. The average molecular weight is 225 g/mol. The van der Waals surface area contributed by atoms with E-state index in [2.05, 4.69) is 46.4 Å². The first-order valence-corrected chi connectivity index (χ1v) is 6.35. The summed E-state index contributed by atoms with van der Waals surface area (Å²) in [5, 5.41) is 0. The predicted molar refractivity (Wildman–Crippen MR) is 68.5 cm³/mol. The number of hydrogen-bond acceptors (Lipinski definition) is 2. The number of carbonyl (C=O) groups is 1. The lowest BCUT2D eigenvalue weighted by atomic mass is 9.80. The first-order valence-electron chi connectivity index (χ1n) is 6.35. The second-order valence-corrected chi connectivity index (χ2v) is 7.42. The summed E-state index contributed by atoms with van der Waals surface area (Å²) >= 11 is 0. The number of Topliss-reactive ketones (excluding diaryl/α,β-unsaturated/α-hetero) is 1. The molecule has 1 saturated heterocycles. The smallest absolute Gasteiger partial charge is 0.147 e. The van der Waals surface area contributed by atoms with Crippen LogP contribution < -0.4 is 0 Å². The topological polar surface area (TPSA) is 20.3 Å². The Kier molecular flexibility index (Phi) is 3.83. The first-order chi connectivity index (χ1) is 7.08. The molecule has 0 spiro atoms. The van der Waals surface area contributed by atoms with E-state index >= 15 is 0 Å². The molecule has 1 heterocycles. The van der Waals surface area contributed by atoms with Crippen LogP contribution in [0.15, 0.2) is 0 Å². The van der Waals surface area contributed by atoms with Gasteiger partial charge >= 0.3 is 0 Å². The zero-order chi connectivity index (χ0) is 12.6. The molecular weight excluding hydrogens is 198 g/mol. The van der Waals surface area contributed by atoms with Crippen molar-refractivity contribution in [2.75, 3.05) is 13.1 Å². The Morgan fingerprint density at radius 2 is 1.75 bits per heavy atom. The van der Waals surface area contributed by atoms with Gasteiger partial charge in [0.25, 0.3) is 0 Å². The fourth-order valence-electron chi connectivity index (χ4n) is 2.55. The minimum Gasteiger partial charge on any atom is -0.298 e. The highest BCUT2D eigenvalue weighted by molar-refractivity contribution is 5.81. The van der Waals surface area contributed by atoms with Crippen LogP contribution in [0.3, 0.4) is 0 Å². The molecule has 0 radical (unpaired) electrons. The summed E-state index contributed by atoms with van der Waals surface area (Å²) in [5.74, 6) is 0.955. The van der Waals surface area contributed by atoms with Gasteiger partial charge in [0.05, 0.1) is 6.54 Å². The van der Waals surface area contributed by atoms with E-state index in [0.29, 0.717) is 23.7 Å². The second-order valence-electron chi connectivity index (χ2n) is 7.42. The summed E-state index contributed by atoms with van der Waals surface area (Å²) in [7, 11) is 0. The maximum atomic E-state index is 11.8. The summed E-state index contributed by atoms with van der Waals surface area (Å²) in [6, 6.07) is 0. The first kappa shape index (κ1) is 13.7. The molecule has 0 aliphatic carbocycles. The van der Waals surface area contributed by atoms with Gasteiger partial charge < -0.3 is 0 Å². The fraction of sp³-hybridized carbons (Fsp3) is 0.929. The van der Waals surface area contributed by atoms with Crippen molar-refractivity contribution >= 4 is 5.78 Å². The minimum absolute atomic E-state index is 0.117. The largest absolute Gasteiger partial charge is 0.298 e. The van der Waals surface area contributed by atoms with Crippen LogP contribution in [0.4, 0.5) is 0 Å². The third kappa shape index (κ3) is 4.25. The van der Waals surface area contributed by atoms with Crippen LogP contribution >= 0.6 is 0 Å².